The third-order valence-corrected chi connectivity index (χ3v) is 4.94. The summed E-state index contributed by atoms with van der Waals surface area (Å²) >= 11 is 5.23. The summed E-state index contributed by atoms with van der Waals surface area (Å²) in [5.74, 6) is 0. The van der Waals surface area contributed by atoms with Gasteiger partial charge in [-0.2, -0.15) is 0 Å². The fourth-order valence-corrected chi connectivity index (χ4v) is 3.33. The summed E-state index contributed by atoms with van der Waals surface area (Å²) in [4.78, 5) is 0.922. The zero-order valence-electron chi connectivity index (χ0n) is 13.7. The van der Waals surface area contributed by atoms with Gasteiger partial charge in [0.25, 0.3) is 0 Å². The van der Waals surface area contributed by atoms with Crippen LogP contribution in [0, 0.1) is 0 Å². The van der Waals surface area contributed by atoms with Crippen LogP contribution in [-0.4, -0.2) is 25.2 Å². The van der Waals surface area contributed by atoms with Crippen molar-refractivity contribution in [3.8, 4) is 11.1 Å². The molecular weight excluding hydrogens is 304 g/mol. The van der Waals surface area contributed by atoms with Gasteiger partial charge in [-0.1, -0.05) is 54.7 Å². The number of ether oxygens (including phenoxy) is 2. The highest BCUT2D eigenvalue weighted by molar-refractivity contribution is 7.80. The number of rotatable bonds is 4. The summed E-state index contributed by atoms with van der Waals surface area (Å²) < 4.78 is 11.4. The first kappa shape index (κ1) is 16.3. The van der Waals surface area contributed by atoms with Gasteiger partial charge in [-0.3, -0.25) is 0 Å². The smallest absolute Gasteiger partial charge is 0.0971 e. The molecule has 1 saturated heterocycles. The van der Waals surface area contributed by atoms with Gasteiger partial charge in [0.15, 0.2) is 0 Å². The van der Waals surface area contributed by atoms with Crippen molar-refractivity contribution in [2.75, 3.05) is 20.3 Å². The molecule has 3 rings (SSSR count). The largest absolute Gasteiger partial charge is 0.381 e. The molecule has 0 aromatic heterocycles. The molecule has 1 aliphatic heterocycles. The van der Waals surface area contributed by atoms with Crippen LogP contribution in [-0.2, 0) is 15.1 Å². The number of benzene rings is 2. The average molecular weight is 326 g/mol. The topological polar surface area (TPSA) is 18.5 Å². The summed E-state index contributed by atoms with van der Waals surface area (Å²) in [6.45, 7) is 3.46. The first-order chi connectivity index (χ1) is 11.1. The van der Waals surface area contributed by atoms with Gasteiger partial charge in [0.1, 0.15) is 0 Å². The third kappa shape index (κ3) is 3.37. The van der Waals surface area contributed by atoms with E-state index in [9.17, 15) is 0 Å². The van der Waals surface area contributed by atoms with Gasteiger partial charge in [0, 0.05) is 38.0 Å². The Morgan fingerprint density at radius 1 is 1.04 bits per heavy atom. The minimum atomic E-state index is -0.223. The lowest BCUT2D eigenvalue weighted by molar-refractivity contribution is -0.0947. The molecule has 0 saturated carbocycles. The first-order valence-electron chi connectivity index (χ1n) is 7.99. The molecule has 120 valence electrons. The Hall–Kier alpha value is -1.55. The SMILES string of the molecule is COC1(c2cccc(-c3ccc(C(C)=S)cc3)c2)CCOCC1. The summed E-state index contributed by atoms with van der Waals surface area (Å²) in [5, 5.41) is 0. The van der Waals surface area contributed by atoms with Crippen LogP contribution in [0.25, 0.3) is 11.1 Å². The van der Waals surface area contributed by atoms with Crippen molar-refractivity contribution in [2.45, 2.75) is 25.4 Å². The second-order valence-corrected chi connectivity index (χ2v) is 6.64. The fraction of sp³-hybridized carbons (Fsp3) is 0.350. The van der Waals surface area contributed by atoms with Gasteiger partial charge in [-0.15, -0.1) is 0 Å². The van der Waals surface area contributed by atoms with Gasteiger partial charge < -0.3 is 9.47 Å². The van der Waals surface area contributed by atoms with Crippen molar-refractivity contribution in [1.82, 2.24) is 0 Å². The summed E-state index contributed by atoms with van der Waals surface area (Å²) in [5.41, 5.74) is 4.52. The van der Waals surface area contributed by atoms with Crippen molar-refractivity contribution in [1.29, 1.82) is 0 Å². The van der Waals surface area contributed by atoms with E-state index in [1.54, 1.807) is 7.11 Å². The van der Waals surface area contributed by atoms with E-state index < -0.39 is 0 Å². The molecule has 0 radical (unpaired) electrons. The number of hydrogen-bond donors (Lipinski definition) is 0. The van der Waals surface area contributed by atoms with Gasteiger partial charge >= 0.3 is 0 Å². The lowest BCUT2D eigenvalue weighted by atomic mass is 9.84. The van der Waals surface area contributed by atoms with Crippen LogP contribution in [0.3, 0.4) is 0 Å². The molecule has 2 aromatic rings. The number of hydrogen-bond acceptors (Lipinski definition) is 3. The summed E-state index contributed by atoms with van der Waals surface area (Å²) in [6.07, 6.45) is 1.80. The number of thiocarbonyl (C=S) groups is 1. The Balaban J connectivity index is 1.94. The molecule has 0 unspecified atom stereocenters. The zero-order valence-corrected chi connectivity index (χ0v) is 14.5. The Morgan fingerprint density at radius 2 is 1.74 bits per heavy atom. The molecular formula is C20H22O2S. The Kier molecular flexibility index (Phi) is 4.90. The van der Waals surface area contributed by atoms with E-state index in [2.05, 4.69) is 48.5 Å². The Labute approximate surface area is 143 Å². The molecule has 0 amide bonds. The molecule has 1 heterocycles. The number of methoxy groups -OCH3 is 1. The Morgan fingerprint density at radius 3 is 2.35 bits per heavy atom. The quantitative estimate of drug-likeness (QED) is 0.597. The normalized spacial score (nSPS) is 17.0. The van der Waals surface area contributed by atoms with Crippen LogP contribution >= 0.6 is 12.2 Å². The Bertz CT molecular complexity index is 685. The predicted octanol–water partition coefficient (Wildman–Crippen LogP) is 4.74. The second-order valence-electron chi connectivity index (χ2n) is 6.03. The van der Waals surface area contributed by atoms with E-state index in [-0.39, 0.29) is 5.60 Å². The predicted molar refractivity (Wildman–Crippen MR) is 98.0 cm³/mol. The molecule has 0 aliphatic carbocycles. The summed E-state index contributed by atoms with van der Waals surface area (Å²) in [7, 11) is 1.80. The van der Waals surface area contributed by atoms with E-state index >= 15 is 0 Å². The van der Waals surface area contributed by atoms with E-state index in [1.165, 1.54) is 16.7 Å². The van der Waals surface area contributed by atoms with Crippen molar-refractivity contribution in [2.24, 2.45) is 0 Å². The van der Waals surface area contributed by atoms with Crippen molar-refractivity contribution in [3.05, 3.63) is 59.7 Å². The van der Waals surface area contributed by atoms with Crippen LogP contribution in [0.2, 0.25) is 0 Å². The zero-order chi connectivity index (χ0) is 16.3. The highest BCUT2D eigenvalue weighted by Crippen LogP contribution is 2.37. The summed E-state index contributed by atoms with van der Waals surface area (Å²) in [6, 6.07) is 17.1. The van der Waals surface area contributed by atoms with E-state index in [4.69, 9.17) is 21.7 Å². The maximum atomic E-state index is 5.91. The molecule has 2 nitrogen and oxygen atoms in total. The van der Waals surface area contributed by atoms with E-state index in [0.717, 1.165) is 36.5 Å². The van der Waals surface area contributed by atoms with Crippen LogP contribution in [0.5, 0.6) is 0 Å². The van der Waals surface area contributed by atoms with E-state index in [1.807, 2.05) is 6.92 Å². The molecule has 3 heteroatoms. The molecule has 23 heavy (non-hydrogen) atoms. The first-order valence-corrected chi connectivity index (χ1v) is 8.40. The molecule has 1 fully saturated rings. The molecule has 0 spiro atoms. The van der Waals surface area contributed by atoms with Crippen molar-refractivity contribution in [3.63, 3.8) is 0 Å². The lowest BCUT2D eigenvalue weighted by Crippen LogP contribution is -2.35. The fourth-order valence-electron chi connectivity index (χ4n) is 3.19. The minimum Gasteiger partial charge on any atom is -0.381 e. The molecule has 0 bridgehead atoms. The van der Waals surface area contributed by atoms with Crippen molar-refractivity contribution < 1.29 is 9.47 Å². The maximum Gasteiger partial charge on any atom is 0.0971 e. The monoisotopic (exact) mass is 326 g/mol. The second kappa shape index (κ2) is 6.91. The molecule has 1 aliphatic rings. The third-order valence-electron chi connectivity index (χ3n) is 4.70. The molecule has 2 aromatic carbocycles. The lowest BCUT2D eigenvalue weighted by Gasteiger charge is -2.36. The van der Waals surface area contributed by atoms with Crippen LogP contribution in [0.1, 0.15) is 30.9 Å². The van der Waals surface area contributed by atoms with Gasteiger partial charge in [-0.05, 0) is 35.2 Å². The van der Waals surface area contributed by atoms with Crippen LogP contribution in [0.4, 0.5) is 0 Å². The van der Waals surface area contributed by atoms with Crippen LogP contribution in [0.15, 0.2) is 48.5 Å². The van der Waals surface area contributed by atoms with Crippen molar-refractivity contribution >= 4 is 17.1 Å². The maximum absolute atomic E-state index is 5.91. The molecule has 0 N–H and O–H groups in total. The van der Waals surface area contributed by atoms with Gasteiger partial charge in [0.2, 0.25) is 0 Å². The van der Waals surface area contributed by atoms with Gasteiger partial charge in [0.05, 0.1) is 5.60 Å². The minimum absolute atomic E-state index is 0.223. The van der Waals surface area contributed by atoms with Gasteiger partial charge in [-0.25, -0.2) is 0 Å². The highest BCUT2D eigenvalue weighted by Gasteiger charge is 2.34. The molecule has 0 atom stereocenters. The van der Waals surface area contributed by atoms with E-state index in [0.29, 0.717) is 0 Å². The van der Waals surface area contributed by atoms with Crippen LogP contribution < -0.4 is 0 Å². The average Bonchev–Trinajstić information content (AvgIpc) is 2.62. The standard InChI is InChI=1S/C20H22O2S/c1-15(23)16-6-8-17(9-7-16)18-4-3-5-19(14-18)20(21-2)10-12-22-13-11-20/h3-9,14H,10-13H2,1-2H3. The highest BCUT2D eigenvalue weighted by atomic mass is 32.1.